The molecule has 0 atom stereocenters. The molecule has 4 nitrogen and oxygen atoms in total. The molecule has 0 bridgehead atoms. The maximum Gasteiger partial charge on any atom is 0.259 e. The molecule has 0 radical (unpaired) electrons. The quantitative estimate of drug-likeness (QED) is 0.808. The predicted molar refractivity (Wildman–Crippen MR) is 73.4 cm³/mol. The molecule has 0 aliphatic rings. The molecule has 0 saturated carbocycles. The third kappa shape index (κ3) is 3.24. The zero-order valence-electron chi connectivity index (χ0n) is 9.93. The first-order valence-electron chi connectivity index (χ1n) is 5.60. The molecule has 0 saturated heterocycles. The van der Waals surface area contributed by atoms with E-state index in [2.05, 4.69) is 5.32 Å². The van der Waals surface area contributed by atoms with Gasteiger partial charge in [-0.2, -0.15) is 0 Å². The standard InChI is InChI=1S/C14H12ClNO3/c15-10-4-5-12(13(18)7-10)14(19)16-11-3-1-2-9(6-11)8-17/h1-7,17-18H,8H2,(H,16,19). The van der Waals surface area contributed by atoms with Crippen LogP contribution in [0, 0.1) is 0 Å². The number of aliphatic hydroxyl groups excluding tert-OH is 1. The van der Waals surface area contributed by atoms with Crippen molar-refractivity contribution in [3.8, 4) is 5.75 Å². The van der Waals surface area contributed by atoms with Gasteiger partial charge in [0, 0.05) is 10.7 Å². The second-order valence-corrected chi connectivity index (χ2v) is 4.41. The summed E-state index contributed by atoms with van der Waals surface area (Å²) in [5.74, 6) is -0.618. The number of phenolic OH excluding ortho intramolecular Hbond substituents is 1. The Labute approximate surface area is 115 Å². The van der Waals surface area contributed by atoms with E-state index in [0.717, 1.165) is 0 Å². The van der Waals surface area contributed by atoms with Crippen LogP contribution in [0.2, 0.25) is 5.02 Å². The summed E-state index contributed by atoms with van der Waals surface area (Å²) < 4.78 is 0. The summed E-state index contributed by atoms with van der Waals surface area (Å²) in [5, 5.41) is 21.7. The van der Waals surface area contributed by atoms with Gasteiger partial charge in [0.2, 0.25) is 0 Å². The van der Waals surface area contributed by atoms with Crippen LogP contribution >= 0.6 is 11.6 Å². The van der Waals surface area contributed by atoms with E-state index in [9.17, 15) is 9.90 Å². The minimum absolute atomic E-state index is 0.101. The molecule has 2 rings (SSSR count). The van der Waals surface area contributed by atoms with Crippen LogP contribution in [-0.4, -0.2) is 16.1 Å². The lowest BCUT2D eigenvalue weighted by Crippen LogP contribution is -2.12. The SMILES string of the molecule is O=C(Nc1cccc(CO)c1)c1ccc(Cl)cc1O. The lowest BCUT2D eigenvalue weighted by atomic mass is 10.1. The average molecular weight is 278 g/mol. The molecule has 98 valence electrons. The number of carbonyl (C=O) groups excluding carboxylic acids is 1. The fourth-order valence-corrected chi connectivity index (χ4v) is 1.81. The van der Waals surface area contributed by atoms with Crippen LogP contribution < -0.4 is 5.32 Å². The van der Waals surface area contributed by atoms with Crippen LogP contribution in [0.15, 0.2) is 42.5 Å². The van der Waals surface area contributed by atoms with Crippen molar-refractivity contribution < 1.29 is 15.0 Å². The van der Waals surface area contributed by atoms with E-state index in [1.54, 1.807) is 24.3 Å². The summed E-state index contributed by atoms with van der Waals surface area (Å²) in [6.07, 6.45) is 0. The van der Waals surface area contributed by atoms with Crippen molar-refractivity contribution in [1.29, 1.82) is 0 Å². The van der Waals surface area contributed by atoms with E-state index >= 15 is 0 Å². The number of aliphatic hydroxyl groups is 1. The lowest BCUT2D eigenvalue weighted by Gasteiger charge is -2.08. The molecule has 2 aromatic carbocycles. The maximum absolute atomic E-state index is 12.0. The number of carbonyl (C=O) groups is 1. The largest absolute Gasteiger partial charge is 0.507 e. The first-order chi connectivity index (χ1) is 9.10. The van der Waals surface area contributed by atoms with Crippen LogP contribution in [0.5, 0.6) is 5.75 Å². The van der Waals surface area contributed by atoms with E-state index in [1.165, 1.54) is 18.2 Å². The molecular weight excluding hydrogens is 266 g/mol. The third-order valence-electron chi connectivity index (χ3n) is 2.57. The summed E-state index contributed by atoms with van der Waals surface area (Å²) >= 11 is 5.70. The van der Waals surface area contributed by atoms with E-state index in [-0.39, 0.29) is 17.9 Å². The highest BCUT2D eigenvalue weighted by molar-refractivity contribution is 6.30. The molecule has 0 aliphatic carbocycles. The molecule has 0 spiro atoms. The Kier molecular flexibility index (Phi) is 4.04. The fraction of sp³-hybridized carbons (Fsp3) is 0.0714. The van der Waals surface area contributed by atoms with Crippen LogP contribution in [0.3, 0.4) is 0 Å². The van der Waals surface area contributed by atoms with Crippen LogP contribution in [0.1, 0.15) is 15.9 Å². The number of phenols is 1. The van der Waals surface area contributed by atoms with E-state index in [1.807, 2.05) is 0 Å². The number of amides is 1. The van der Waals surface area contributed by atoms with Gasteiger partial charge >= 0.3 is 0 Å². The van der Waals surface area contributed by atoms with Crippen molar-refractivity contribution in [2.75, 3.05) is 5.32 Å². The van der Waals surface area contributed by atoms with Gasteiger partial charge in [-0.3, -0.25) is 4.79 Å². The Bertz CT molecular complexity index is 613. The van der Waals surface area contributed by atoms with Crippen LogP contribution in [0.4, 0.5) is 5.69 Å². The zero-order chi connectivity index (χ0) is 13.8. The van der Waals surface area contributed by atoms with Gasteiger partial charge in [0.25, 0.3) is 5.91 Å². The van der Waals surface area contributed by atoms with E-state index in [0.29, 0.717) is 16.3 Å². The second-order valence-electron chi connectivity index (χ2n) is 3.97. The molecule has 19 heavy (non-hydrogen) atoms. The molecular formula is C14H12ClNO3. The molecule has 5 heteroatoms. The van der Waals surface area contributed by atoms with Gasteiger partial charge in [0.05, 0.1) is 12.2 Å². The number of hydrogen-bond donors (Lipinski definition) is 3. The Morgan fingerprint density at radius 2 is 2.00 bits per heavy atom. The molecule has 0 aromatic heterocycles. The normalized spacial score (nSPS) is 10.2. The predicted octanol–water partition coefficient (Wildman–Crippen LogP) is 2.79. The van der Waals surface area contributed by atoms with Gasteiger partial charge in [0.15, 0.2) is 0 Å². The summed E-state index contributed by atoms with van der Waals surface area (Å²) in [6, 6.07) is 11.1. The Balaban J connectivity index is 2.20. The Morgan fingerprint density at radius 1 is 1.21 bits per heavy atom. The number of rotatable bonds is 3. The lowest BCUT2D eigenvalue weighted by molar-refractivity contribution is 0.102. The second kappa shape index (κ2) is 5.73. The van der Waals surface area contributed by atoms with Crippen molar-refractivity contribution >= 4 is 23.2 Å². The van der Waals surface area contributed by atoms with Crippen molar-refractivity contribution in [1.82, 2.24) is 0 Å². The topological polar surface area (TPSA) is 69.6 Å². The van der Waals surface area contributed by atoms with Crippen molar-refractivity contribution in [2.45, 2.75) is 6.61 Å². The summed E-state index contributed by atoms with van der Waals surface area (Å²) in [6.45, 7) is -0.101. The van der Waals surface area contributed by atoms with Crippen LogP contribution in [-0.2, 0) is 6.61 Å². The highest BCUT2D eigenvalue weighted by atomic mass is 35.5. The minimum atomic E-state index is -0.441. The summed E-state index contributed by atoms with van der Waals surface area (Å²) in [7, 11) is 0. The van der Waals surface area contributed by atoms with Crippen molar-refractivity contribution in [3.05, 3.63) is 58.6 Å². The van der Waals surface area contributed by atoms with Gasteiger partial charge in [-0.15, -0.1) is 0 Å². The number of halogens is 1. The summed E-state index contributed by atoms with van der Waals surface area (Å²) in [5.41, 5.74) is 1.38. The molecule has 2 aromatic rings. The number of benzene rings is 2. The van der Waals surface area contributed by atoms with E-state index < -0.39 is 5.91 Å². The van der Waals surface area contributed by atoms with Crippen molar-refractivity contribution in [2.24, 2.45) is 0 Å². The van der Waals surface area contributed by atoms with Gasteiger partial charge in [-0.1, -0.05) is 23.7 Å². The number of nitrogens with one attached hydrogen (secondary N) is 1. The minimum Gasteiger partial charge on any atom is -0.507 e. The van der Waals surface area contributed by atoms with Crippen molar-refractivity contribution in [3.63, 3.8) is 0 Å². The number of anilines is 1. The van der Waals surface area contributed by atoms with Gasteiger partial charge in [-0.05, 0) is 35.9 Å². The van der Waals surface area contributed by atoms with E-state index in [4.69, 9.17) is 16.7 Å². The smallest absolute Gasteiger partial charge is 0.259 e. The fourth-order valence-electron chi connectivity index (χ4n) is 1.64. The number of aromatic hydroxyl groups is 1. The molecule has 0 fully saturated rings. The first-order valence-corrected chi connectivity index (χ1v) is 5.97. The molecule has 0 heterocycles. The molecule has 1 amide bonds. The monoisotopic (exact) mass is 277 g/mol. The first kappa shape index (κ1) is 13.4. The molecule has 3 N–H and O–H groups in total. The Hall–Kier alpha value is -2.04. The highest BCUT2D eigenvalue weighted by Gasteiger charge is 2.11. The highest BCUT2D eigenvalue weighted by Crippen LogP contribution is 2.23. The zero-order valence-corrected chi connectivity index (χ0v) is 10.7. The van der Waals surface area contributed by atoms with Gasteiger partial charge < -0.3 is 15.5 Å². The Morgan fingerprint density at radius 3 is 2.68 bits per heavy atom. The number of hydrogen-bond acceptors (Lipinski definition) is 3. The third-order valence-corrected chi connectivity index (χ3v) is 2.81. The average Bonchev–Trinajstić information content (AvgIpc) is 2.38. The molecule has 0 aliphatic heterocycles. The maximum atomic E-state index is 12.0. The van der Waals surface area contributed by atoms with Gasteiger partial charge in [-0.25, -0.2) is 0 Å². The molecule has 0 unspecified atom stereocenters. The van der Waals surface area contributed by atoms with Crippen LogP contribution in [0.25, 0.3) is 0 Å². The summed E-state index contributed by atoms with van der Waals surface area (Å²) in [4.78, 5) is 12.0. The van der Waals surface area contributed by atoms with Gasteiger partial charge in [0.1, 0.15) is 5.75 Å².